The van der Waals surface area contributed by atoms with Crippen molar-refractivity contribution in [2.24, 2.45) is 0 Å². The fraction of sp³-hybridized carbons (Fsp3) is 0.318. The minimum atomic E-state index is -1.82. The van der Waals surface area contributed by atoms with Gasteiger partial charge in [0.25, 0.3) is 11.6 Å². The molecule has 2 aromatic rings. The summed E-state index contributed by atoms with van der Waals surface area (Å²) >= 11 is 0. The normalized spacial score (nSPS) is 13.6. The molecular formula is C22H25N3O7. The molecule has 1 amide bonds. The highest BCUT2D eigenvalue weighted by atomic mass is 16.6. The van der Waals surface area contributed by atoms with Gasteiger partial charge in [-0.05, 0) is 29.7 Å². The van der Waals surface area contributed by atoms with E-state index in [0.717, 1.165) is 26.1 Å². The number of aliphatic carboxylic acids is 2. The minimum Gasteiger partial charge on any atom is -0.473 e. The van der Waals surface area contributed by atoms with Crippen LogP contribution in [0.2, 0.25) is 0 Å². The van der Waals surface area contributed by atoms with Gasteiger partial charge in [-0.25, -0.2) is 9.59 Å². The maximum atomic E-state index is 12.6. The molecule has 2 aromatic carbocycles. The van der Waals surface area contributed by atoms with Crippen molar-refractivity contribution in [3.8, 4) is 0 Å². The lowest BCUT2D eigenvalue weighted by atomic mass is 10.1. The first-order valence-corrected chi connectivity index (χ1v) is 10.0. The summed E-state index contributed by atoms with van der Waals surface area (Å²) in [6.45, 7) is 6.04. The smallest absolute Gasteiger partial charge is 0.414 e. The van der Waals surface area contributed by atoms with Gasteiger partial charge in [0.1, 0.15) is 0 Å². The molecule has 170 valence electrons. The fourth-order valence-corrected chi connectivity index (χ4v) is 3.16. The minimum absolute atomic E-state index is 0.000427. The molecule has 0 bridgehead atoms. The van der Waals surface area contributed by atoms with Crippen LogP contribution in [0, 0.1) is 10.1 Å². The van der Waals surface area contributed by atoms with E-state index in [4.69, 9.17) is 19.8 Å². The Labute approximate surface area is 184 Å². The van der Waals surface area contributed by atoms with Crippen LogP contribution >= 0.6 is 0 Å². The van der Waals surface area contributed by atoms with Crippen LogP contribution in [0.3, 0.4) is 0 Å². The second kappa shape index (κ2) is 11.6. The van der Waals surface area contributed by atoms with Crippen molar-refractivity contribution in [1.82, 2.24) is 9.80 Å². The van der Waals surface area contributed by atoms with Gasteiger partial charge in [-0.3, -0.25) is 19.8 Å². The van der Waals surface area contributed by atoms with E-state index in [2.05, 4.69) is 36.1 Å². The van der Waals surface area contributed by atoms with Crippen molar-refractivity contribution in [3.05, 3.63) is 75.3 Å². The van der Waals surface area contributed by atoms with E-state index in [9.17, 15) is 14.9 Å². The summed E-state index contributed by atoms with van der Waals surface area (Å²) in [5.41, 5.74) is 3.13. The van der Waals surface area contributed by atoms with Crippen molar-refractivity contribution in [2.75, 3.05) is 26.2 Å². The van der Waals surface area contributed by atoms with Crippen LogP contribution in [0.1, 0.15) is 28.4 Å². The van der Waals surface area contributed by atoms with E-state index in [1.165, 1.54) is 35.4 Å². The standard InChI is InChI=1S/C20H23N3O3.C2H2O4/c1-2-16-3-5-17(6-4-16)15-21-11-13-22(14-12-21)20(24)18-7-9-19(10-8-18)23(25)26;3-1(4)2(5)6/h3-10H,2,11-15H2,1H3;(H,3,4)(H,5,6). The number of amides is 1. The molecule has 0 aromatic heterocycles. The molecule has 0 unspecified atom stereocenters. The lowest BCUT2D eigenvalue weighted by Crippen LogP contribution is -2.48. The largest absolute Gasteiger partial charge is 0.473 e. The second-order valence-corrected chi connectivity index (χ2v) is 7.15. The average Bonchev–Trinajstić information content (AvgIpc) is 2.80. The van der Waals surface area contributed by atoms with Crippen molar-refractivity contribution in [1.29, 1.82) is 0 Å². The molecule has 3 rings (SSSR count). The molecule has 0 spiro atoms. The Morgan fingerprint density at radius 2 is 1.38 bits per heavy atom. The SMILES string of the molecule is CCc1ccc(CN2CCN(C(=O)c3ccc([N+](=O)[O-])cc3)CC2)cc1.O=C(O)C(=O)O. The van der Waals surface area contributed by atoms with Crippen LogP contribution in [-0.2, 0) is 22.6 Å². The number of carbonyl (C=O) groups is 3. The number of carboxylic acid groups (broad SMARTS) is 2. The molecule has 0 saturated carbocycles. The maximum absolute atomic E-state index is 12.6. The molecule has 0 atom stereocenters. The Morgan fingerprint density at radius 3 is 1.81 bits per heavy atom. The first-order valence-electron chi connectivity index (χ1n) is 10.0. The molecule has 1 fully saturated rings. The van der Waals surface area contributed by atoms with Crippen LogP contribution in [0.4, 0.5) is 5.69 Å². The van der Waals surface area contributed by atoms with E-state index in [-0.39, 0.29) is 11.6 Å². The molecule has 1 saturated heterocycles. The van der Waals surface area contributed by atoms with E-state index >= 15 is 0 Å². The summed E-state index contributed by atoms with van der Waals surface area (Å²) in [6.07, 6.45) is 1.05. The van der Waals surface area contributed by atoms with Gasteiger partial charge >= 0.3 is 11.9 Å². The second-order valence-electron chi connectivity index (χ2n) is 7.15. The van der Waals surface area contributed by atoms with E-state index in [1.54, 1.807) is 0 Å². The lowest BCUT2D eigenvalue weighted by Gasteiger charge is -2.34. The van der Waals surface area contributed by atoms with Crippen LogP contribution in [0.25, 0.3) is 0 Å². The Kier molecular flexibility index (Phi) is 8.84. The number of aryl methyl sites for hydroxylation is 1. The Hall–Kier alpha value is -3.79. The van der Waals surface area contributed by atoms with Gasteiger partial charge < -0.3 is 15.1 Å². The number of non-ortho nitro benzene ring substituents is 1. The molecule has 1 aliphatic rings. The first-order chi connectivity index (χ1) is 15.2. The summed E-state index contributed by atoms with van der Waals surface area (Å²) in [5.74, 6) is -3.71. The van der Waals surface area contributed by atoms with Gasteiger partial charge in [-0.2, -0.15) is 0 Å². The van der Waals surface area contributed by atoms with E-state index in [1.807, 2.05) is 4.90 Å². The lowest BCUT2D eigenvalue weighted by molar-refractivity contribution is -0.384. The van der Waals surface area contributed by atoms with Crippen molar-refractivity contribution in [2.45, 2.75) is 19.9 Å². The van der Waals surface area contributed by atoms with Crippen molar-refractivity contribution >= 4 is 23.5 Å². The number of benzene rings is 2. The molecule has 1 aliphatic heterocycles. The van der Waals surface area contributed by atoms with E-state index < -0.39 is 16.9 Å². The van der Waals surface area contributed by atoms with Crippen molar-refractivity contribution < 1.29 is 29.5 Å². The molecule has 1 heterocycles. The van der Waals surface area contributed by atoms with Gasteiger partial charge in [-0.15, -0.1) is 0 Å². The third-order valence-corrected chi connectivity index (χ3v) is 5.00. The number of nitro benzene ring substituents is 1. The average molecular weight is 443 g/mol. The predicted octanol–water partition coefficient (Wildman–Crippen LogP) is 2.27. The summed E-state index contributed by atoms with van der Waals surface area (Å²) in [7, 11) is 0. The zero-order chi connectivity index (χ0) is 23.7. The van der Waals surface area contributed by atoms with Gasteiger partial charge in [0.15, 0.2) is 0 Å². The topological polar surface area (TPSA) is 141 Å². The van der Waals surface area contributed by atoms with Gasteiger partial charge in [0, 0.05) is 50.4 Å². The third kappa shape index (κ3) is 7.17. The van der Waals surface area contributed by atoms with Crippen molar-refractivity contribution in [3.63, 3.8) is 0 Å². The van der Waals surface area contributed by atoms with Crippen LogP contribution in [-0.4, -0.2) is 69.0 Å². The van der Waals surface area contributed by atoms with Crippen LogP contribution in [0.15, 0.2) is 48.5 Å². The summed E-state index contributed by atoms with van der Waals surface area (Å²) in [6, 6.07) is 14.5. The Morgan fingerprint density at radius 1 is 0.875 bits per heavy atom. The number of hydrogen-bond acceptors (Lipinski definition) is 6. The zero-order valence-corrected chi connectivity index (χ0v) is 17.6. The number of nitrogens with zero attached hydrogens (tertiary/aromatic N) is 3. The molecule has 10 nitrogen and oxygen atoms in total. The number of carbonyl (C=O) groups excluding carboxylic acids is 1. The number of carboxylic acids is 2. The number of rotatable bonds is 5. The van der Waals surface area contributed by atoms with Crippen LogP contribution in [0.5, 0.6) is 0 Å². The van der Waals surface area contributed by atoms with Gasteiger partial charge in [0.2, 0.25) is 0 Å². The van der Waals surface area contributed by atoms with Gasteiger partial charge in [0.05, 0.1) is 4.92 Å². The number of piperazine rings is 1. The molecule has 0 aliphatic carbocycles. The summed E-state index contributed by atoms with van der Waals surface area (Å²) in [4.78, 5) is 45.2. The van der Waals surface area contributed by atoms with Gasteiger partial charge in [-0.1, -0.05) is 31.2 Å². The number of hydrogen-bond donors (Lipinski definition) is 2. The highest BCUT2D eigenvalue weighted by molar-refractivity contribution is 6.27. The monoisotopic (exact) mass is 443 g/mol. The maximum Gasteiger partial charge on any atom is 0.414 e. The first kappa shape index (κ1) is 24.5. The summed E-state index contributed by atoms with van der Waals surface area (Å²) in [5, 5.41) is 25.5. The molecule has 10 heteroatoms. The van der Waals surface area contributed by atoms with Crippen LogP contribution < -0.4 is 0 Å². The molecule has 2 N–H and O–H groups in total. The Bertz CT molecular complexity index is 938. The molecule has 0 radical (unpaired) electrons. The fourth-order valence-electron chi connectivity index (χ4n) is 3.16. The van der Waals surface area contributed by atoms with E-state index in [0.29, 0.717) is 18.7 Å². The predicted molar refractivity (Wildman–Crippen MR) is 115 cm³/mol. The third-order valence-electron chi connectivity index (χ3n) is 5.00. The highest BCUT2D eigenvalue weighted by Crippen LogP contribution is 2.16. The quantitative estimate of drug-likeness (QED) is 0.407. The molecule has 32 heavy (non-hydrogen) atoms. The summed E-state index contributed by atoms with van der Waals surface area (Å²) < 4.78 is 0. The molecular weight excluding hydrogens is 418 g/mol. The Balaban J connectivity index is 0.000000534. The number of nitro groups is 1. The highest BCUT2D eigenvalue weighted by Gasteiger charge is 2.22. The zero-order valence-electron chi connectivity index (χ0n) is 17.6.